The summed E-state index contributed by atoms with van der Waals surface area (Å²) in [6.45, 7) is 1.85. The molecular formula is C9H8BrClO2. The van der Waals surface area contributed by atoms with Crippen LogP contribution in [0.1, 0.15) is 11.1 Å². The molecule has 2 nitrogen and oxygen atoms in total. The average molecular weight is 264 g/mol. The molecule has 0 aliphatic heterocycles. The predicted octanol–water partition coefficient (Wildman–Crippen LogP) is 3.04. The van der Waals surface area contributed by atoms with Gasteiger partial charge in [-0.25, -0.2) is 0 Å². The normalized spacial score (nSPS) is 10.1. The summed E-state index contributed by atoms with van der Waals surface area (Å²) in [5, 5.41) is 9.20. The highest BCUT2D eigenvalue weighted by Gasteiger charge is 2.06. The van der Waals surface area contributed by atoms with E-state index in [1.807, 2.05) is 6.92 Å². The first-order valence-electron chi connectivity index (χ1n) is 3.67. The molecule has 1 aromatic rings. The molecule has 0 amide bonds. The Kier molecular flexibility index (Phi) is 3.33. The third kappa shape index (κ3) is 2.71. The molecule has 0 saturated heterocycles. The summed E-state index contributed by atoms with van der Waals surface area (Å²) in [6.07, 6.45) is 0.0244. The molecule has 70 valence electrons. The van der Waals surface area contributed by atoms with Gasteiger partial charge in [-0.05, 0) is 40.0 Å². The summed E-state index contributed by atoms with van der Waals surface area (Å²) in [5.74, 6) is -0.839. The van der Waals surface area contributed by atoms with Crippen molar-refractivity contribution in [3.63, 3.8) is 0 Å². The zero-order valence-corrected chi connectivity index (χ0v) is 9.32. The Labute approximate surface area is 89.7 Å². The van der Waals surface area contributed by atoms with Gasteiger partial charge in [-0.15, -0.1) is 0 Å². The Morgan fingerprint density at radius 1 is 1.62 bits per heavy atom. The molecule has 4 heteroatoms. The summed E-state index contributed by atoms with van der Waals surface area (Å²) in [7, 11) is 0. The second-order valence-corrected chi connectivity index (χ2v) is 4.01. The molecule has 0 unspecified atom stereocenters. The molecule has 0 saturated carbocycles. The Morgan fingerprint density at radius 2 is 2.23 bits per heavy atom. The molecule has 0 atom stereocenters. The van der Waals surface area contributed by atoms with Crippen LogP contribution in [0.4, 0.5) is 0 Å². The molecule has 0 fully saturated rings. The SMILES string of the molecule is Cc1cc(CC(=O)O)cc(Br)c1Cl. The number of halogens is 2. The van der Waals surface area contributed by atoms with Crippen LogP contribution in [0.15, 0.2) is 16.6 Å². The Hall–Kier alpha value is -0.540. The Balaban J connectivity index is 3.06. The number of hydrogen-bond donors (Lipinski definition) is 1. The average Bonchev–Trinajstić information content (AvgIpc) is 1.98. The summed E-state index contributed by atoms with van der Waals surface area (Å²) in [4.78, 5) is 10.4. The van der Waals surface area contributed by atoms with E-state index in [1.165, 1.54) is 0 Å². The van der Waals surface area contributed by atoms with Crippen LogP contribution < -0.4 is 0 Å². The van der Waals surface area contributed by atoms with Crippen molar-refractivity contribution >= 4 is 33.5 Å². The third-order valence-corrected chi connectivity index (χ3v) is 2.98. The maximum Gasteiger partial charge on any atom is 0.307 e. The van der Waals surface area contributed by atoms with Crippen LogP contribution >= 0.6 is 27.5 Å². The fourth-order valence-corrected chi connectivity index (χ4v) is 1.79. The zero-order valence-electron chi connectivity index (χ0n) is 6.97. The highest BCUT2D eigenvalue weighted by atomic mass is 79.9. The lowest BCUT2D eigenvalue weighted by atomic mass is 10.1. The number of carbonyl (C=O) groups is 1. The molecule has 0 aliphatic carbocycles. The van der Waals surface area contributed by atoms with Crippen molar-refractivity contribution in [3.05, 3.63) is 32.8 Å². The molecule has 0 spiro atoms. The van der Waals surface area contributed by atoms with E-state index in [0.29, 0.717) is 5.02 Å². The van der Waals surface area contributed by atoms with Gasteiger partial charge in [-0.1, -0.05) is 17.7 Å². The second-order valence-electron chi connectivity index (χ2n) is 2.78. The van der Waals surface area contributed by atoms with Crippen LogP contribution in [0, 0.1) is 6.92 Å². The van der Waals surface area contributed by atoms with Gasteiger partial charge in [0.05, 0.1) is 11.4 Å². The van der Waals surface area contributed by atoms with Crippen LogP contribution in [-0.2, 0) is 11.2 Å². The minimum atomic E-state index is -0.839. The number of benzene rings is 1. The van der Waals surface area contributed by atoms with Gasteiger partial charge >= 0.3 is 5.97 Å². The minimum Gasteiger partial charge on any atom is -0.481 e. The van der Waals surface area contributed by atoms with Gasteiger partial charge in [0.25, 0.3) is 0 Å². The van der Waals surface area contributed by atoms with Gasteiger partial charge < -0.3 is 5.11 Å². The zero-order chi connectivity index (χ0) is 10.0. The van der Waals surface area contributed by atoms with E-state index in [1.54, 1.807) is 12.1 Å². The second kappa shape index (κ2) is 4.11. The van der Waals surface area contributed by atoms with Gasteiger partial charge in [-0.3, -0.25) is 4.79 Å². The van der Waals surface area contributed by atoms with Crippen molar-refractivity contribution in [3.8, 4) is 0 Å². The summed E-state index contributed by atoms with van der Waals surface area (Å²) in [6, 6.07) is 3.50. The Bertz CT molecular complexity index is 326. The Morgan fingerprint density at radius 3 is 2.69 bits per heavy atom. The molecule has 1 aromatic carbocycles. The minimum absolute atomic E-state index is 0.0244. The van der Waals surface area contributed by atoms with Gasteiger partial charge in [0, 0.05) is 4.47 Å². The largest absolute Gasteiger partial charge is 0.481 e. The lowest BCUT2D eigenvalue weighted by Gasteiger charge is -2.04. The quantitative estimate of drug-likeness (QED) is 0.890. The van der Waals surface area contributed by atoms with Crippen molar-refractivity contribution in [2.45, 2.75) is 13.3 Å². The van der Waals surface area contributed by atoms with E-state index in [0.717, 1.165) is 15.6 Å². The van der Waals surface area contributed by atoms with Crippen LogP contribution in [0.25, 0.3) is 0 Å². The van der Waals surface area contributed by atoms with Crippen LogP contribution in [0.5, 0.6) is 0 Å². The number of aryl methyl sites for hydroxylation is 1. The lowest BCUT2D eigenvalue weighted by molar-refractivity contribution is -0.136. The van der Waals surface area contributed by atoms with Gasteiger partial charge in [0.15, 0.2) is 0 Å². The first kappa shape index (κ1) is 10.5. The monoisotopic (exact) mass is 262 g/mol. The lowest BCUT2D eigenvalue weighted by Crippen LogP contribution is -2.00. The van der Waals surface area contributed by atoms with E-state index in [4.69, 9.17) is 16.7 Å². The van der Waals surface area contributed by atoms with Crippen molar-refractivity contribution in [2.75, 3.05) is 0 Å². The number of carboxylic acids is 1. The van der Waals surface area contributed by atoms with Crippen molar-refractivity contribution < 1.29 is 9.90 Å². The highest BCUT2D eigenvalue weighted by molar-refractivity contribution is 9.10. The summed E-state index contributed by atoms with van der Waals surface area (Å²) < 4.78 is 0.741. The van der Waals surface area contributed by atoms with E-state index >= 15 is 0 Å². The molecule has 1 N–H and O–H groups in total. The van der Waals surface area contributed by atoms with Crippen LogP contribution in [0.2, 0.25) is 5.02 Å². The number of carboxylic acid groups (broad SMARTS) is 1. The van der Waals surface area contributed by atoms with Crippen LogP contribution in [0.3, 0.4) is 0 Å². The number of hydrogen-bond acceptors (Lipinski definition) is 1. The van der Waals surface area contributed by atoms with Gasteiger partial charge in [-0.2, -0.15) is 0 Å². The number of aliphatic carboxylic acids is 1. The molecule has 13 heavy (non-hydrogen) atoms. The standard InChI is InChI=1S/C9H8BrClO2/c1-5-2-6(4-8(12)13)3-7(10)9(5)11/h2-3H,4H2,1H3,(H,12,13). The maximum absolute atomic E-state index is 10.4. The fourth-order valence-electron chi connectivity index (χ4n) is 1.07. The summed E-state index contributed by atoms with van der Waals surface area (Å²) in [5.41, 5.74) is 1.63. The van der Waals surface area contributed by atoms with E-state index in [-0.39, 0.29) is 6.42 Å². The van der Waals surface area contributed by atoms with E-state index in [9.17, 15) is 4.79 Å². The number of rotatable bonds is 2. The topological polar surface area (TPSA) is 37.3 Å². The smallest absolute Gasteiger partial charge is 0.307 e. The van der Waals surface area contributed by atoms with Gasteiger partial charge in [0.2, 0.25) is 0 Å². The van der Waals surface area contributed by atoms with Crippen molar-refractivity contribution in [1.29, 1.82) is 0 Å². The molecule has 0 bridgehead atoms. The van der Waals surface area contributed by atoms with Crippen molar-refractivity contribution in [2.24, 2.45) is 0 Å². The van der Waals surface area contributed by atoms with E-state index in [2.05, 4.69) is 15.9 Å². The highest BCUT2D eigenvalue weighted by Crippen LogP contribution is 2.27. The van der Waals surface area contributed by atoms with E-state index < -0.39 is 5.97 Å². The maximum atomic E-state index is 10.4. The first-order chi connectivity index (χ1) is 6.00. The molecule has 1 rings (SSSR count). The first-order valence-corrected chi connectivity index (χ1v) is 4.84. The molecule has 0 aromatic heterocycles. The third-order valence-electron chi connectivity index (χ3n) is 1.63. The molecule has 0 heterocycles. The van der Waals surface area contributed by atoms with Crippen molar-refractivity contribution in [1.82, 2.24) is 0 Å². The van der Waals surface area contributed by atoms with Crippen LogP contribution in [-0.4, -0.2) is 11.1 Å². The fraction of sp³-hybridized carbons (Fsp3) is 0.222. The molecule has 0 aliphatic rings. The molecular weight excluding hydrogens is 255 g/mol. The van der Waals surface area contributed by atoms with Gasteiger partial charge in [0.1, 0.15) is 0 Å². The molecule has 0 radical (unpaired) electrons. The summed E-state index contributed by atoms with van der Waals surface area (Å²) >= 11 is 9.15. The predicted molar refractivity (Wildman–Crippen MR) is 55.2 cm³/mol.